The van der Waals surface area contributed by atoms with Gasteiger partial charge in [0.1, 0.15) is 12.6 Å². The Morgan fingerprint density at radius 1 is 0.841 bits per heavy atom. The minimum Gasteiger partial charge on any atom is -0.493 e. The van der Waals surface area contributed by atoms with Crippen LogP contribution in [0.15, 0.2) is 65.6 Å². The molecule has 0 unspecified atom stereocenters. The van der Waals surface area contributed by atoms with Crippen LogP contribution in [0, 0.1) is 26.7 Å². The van der Waals surface area contributed by atoms with Gasteiger partial charge in [0.05, 0.1) is 24.8 Å². The number of anilines is 1. The summed E-state index contributed by atoms with van der Waals surface area (Å²) in [6.45, 7) is 11.6. The van der Waals surface area contributed by atoms with Crippen LogP contribution in [0.2, 0.25) is 0 Å². The number of benzene rings is 3. The van der Waals surface area contributed by atoms with E-state index in [0.29, 0.717) is 24.4 Å². The second-order valence-electron chi connectivity index (χ2n) is 11.4. The first-order chi connectivity index (χ1) is 20.8. The fourth-order valence-electron chi connectivity index (χ4n) is 4.96. The molecule has 0 fully saturated rings. The molecule has 1 atom stereocenters. The van der Waals surface area contributed by atoms with E-state index in [1.165, 1.54) is 37.3 Å². The van der Waals surface area contributed by atoms with Crippen molar-refractivity contribution in [3.8, 4) is 11.5 Å². The highest BCUT2D eigenvalue weighted by atomic mass is 32.2. The van der Waals surface area contributed by atoms with Crippen LogP contribution >= 0.6 is 0 Å². The molecule has 0 aliphatic rings. The van der Waals surface area contributed by atoms with E-state index in [-0.39, 0.29) is 29.0 Å². The van der Waals surface area contributed by atoms with Crippen molar-refractivity contribution in [2.45, 2.75) is 65.4 Å². The van der Waals surface area contributed by atoms with Gasteiger partial charge >= 0.3 is 0 Å². The van der Waals surface area contributed by atoms with Crippen molar-refractivity contribution >= 4 is 27.5 Å². The largest absolute Gasteiger partial charge is 0.493 e. The van der Waals surface area contributed by atoms with Crippen LogP contribution in [-0.4, -0.2) is 58.5 Å². The van der Waals surface area contributed by atoms with Crippen molar-refractivity contribution < 1.29 is 27.5 Å². The molecule has 2 amide bonds. The summed E-state index contributed by atoms with van der Waals surface area (Å²) in [5, 5.41) is 2.95. The van der Waals surface area contributed by atoms with Gasteiger partial charge in [-0.3, -0.25) is 13.9 Å². The highest BCUT2D eigenvalue weighted by molar-refractivity contribution is 7.92. The van der Waals surface area contributed by atoms with Gasteiger partial charge in [-0.05, 0) is 74.1 Å². The summed E-state index contributed by atoms with van der Waals surface area (Å²) in [7, 11) is -1.38. The van der Waals surface area contributed by atoms with Gasteiger partial charge in [0, 0.05) is 19.2 Å². The summed E-state index contributed by atoms with van der Waals surface area (Å²) < 4.78 is 40.4. The zero-order valence-corrected chi connectivity index (χ0v) is 27.8. The van der Waals surface area contributed by atoms with Crippen LogP contribution in [0.3, 0.4) is 0 Å². The number of rotatable bonds is 14. The molecule has 3 aromatic carbocycles. The lowest BCUT2D eigenvalue weighted by atomic mass is 10.1. The molecule has 0 saturated carbocycles. The van der Waals surface area contributed by atoms with Crippen LogP contribution in [0.25, 0.3) is 0 Å². The molecule has 238 valence electrons. The lowest BCUT2D eigenvalue weighted by molar-refractivity contribution is -0.140. The lowest BCUT2D eigenvalue weighted by Crippen LogP contribution is -2.52. The van der Waals surface area contributed by atoms with Crippen LogP contribution in [0.5, 0.6) is 11.5 Å². The number of carbonyl (C=O) groups is 2. The quantitative estimate of drug-likeness (QED) is 0.258. The average Bonchev–Trinajstić information content (AvgIpc) is 2.98. The van der Waals surface area contributed by atoms with Crippen molar-refractivity contribution in [3.63, 3.8) is 0 Å². The normalized spacial score (nSPS) is 12.0. The van der Waals surface area contributed by atoms with Crippen LogP contribution in [0.4, 0.5) is 5.69 Å². The van der Waals surface area contributed by atoms with Gasteiger partial charge < -0.3 is 19.7 Å². The maximum absolute atomic E-state index is 14.3. The van der Waals surface area contributed by atoms with E-state index in [2.05, 4.69) is 5.32 Å². The molecule has 0 radical (unpaired) electrons. The van der Waals surface area contributed by atoms with Crippen molar-refractivity contribution in [2.75, 3.05) is 31.6 Å². The summed E-state index contributed by atoms with van der Waals surface area (Å²) in [6, 6.07) is 16.6. The van der Waals surface area contributed by atoms with E-state index in [0.717, 1.165) is 26.6 Å². The smallest absolute Gasteiger partial charge is 0.264 e. The molecule has 3 aromatic rings. The van der Waals surface area contributed by atoms with Crippen molar-refractivity contribution in [1.29, 1.82) is 0 Å². The summed E-state index contributed by atoms with van der Waals surface area (Å²) in [6.07, 6.45) is 0.355. The summed E-state index contributed by atoms with van der Waals surface area (Å²) in [4.78, 5) is 29.1. The number of nitrogens with zero attached hydrogens (tertiary/aromatic N) is 2. The Hall–Kier alpha value is -4.05. The Morgan fingerprint density at radius 2 is 1.45 bits per heavy atom. The first kappa shape index (κ1) is 34.4. The van der Waals surface area contributed by atoms with Gasteiger partial charge in [-0.1, -0.05) is 56.7 Å². The first-order valence-electron chi connectivity index (χ1n) is 14.8. The third-order valence-corrected chi connectivity index (χ3v) is 9.03. The monoisotopic (exact) mass is 623 g/mol. The van der Waals surface area contributed by atoms with E-state index in [9.17, 15) is 18.0 Å². The average molecular weight is 624 g/mol. The predicted molar refractivity (Wildman–Crippen MR) is 174 cm³/mol. The predicted octanol–water partition coefficient (Wildman–Crippen LogP) is 5.40. The minimum atomic E-state index is -4.28. The Labute approximate surface area is 262 Å². The van der Waals surface area contributed by atoms with Gasteiger partial charge in [-0.25, -0.2) is 8.42 Å². The molecule has 3 rings (SSSR count). The standard InChI is InChI=1S/C34H45N3O6S/c1-9-30(34(39)35-20-23(2)3)36(21-27-12-10-24(4)11-13-27)33(38)22-37(28-17-25(5)16-26(6)18-28)44(40,41)29-14-15-31(42-7)32(19-29)43-8/h10-19,23,30H,9,20-22H2,1-8H3,(H,35,39)/t30-/m0/s1. The highest BCUT2D eigenvalue weighted by Crippen LogP contribution is 2.33. The highest BCUT2D eigenvalue weighted by Gasteiger charge is 2.34. The van der Waals surface area contributed by atoms with Crippen molar-refractivity contribution in [3.05, 3.63) is 82.9 Å². The molecule has 0 aliphatic heterocycles. The number of hydrogen-bond donors (Lipinski definition) is 1. The molecule has 10 heteroatoms. The topological polar surface area (TPSA) is 105 Å². The zero-order valence-electron chi connectivity index (χ0n) is 27.0. The number of hydrogen-bond acceptors (Lipinski definition) is 6. The molecular weight excluding hydrogens is 578 g/mol. The Bertz CT molecular complexity index is 1530. The van der Waals surface area contributed by atoms with Crippen LogP contribution in [-0.2, 0) is 26.2 Å². The molecule has 0 bridgehead atoms. The molecule has 0 heterocycles. The number of nitrogens with one attached hydrogen (secondary N) is 1. The second-order valence-corrected chi connectivity index (χ2v) is 13.3. The summed E-state index contributed by atoms with van der Waals surface area (Å²) in [5.41, 5.74) is 3.93. The number of aryl methyl sites for hydroxylation is 3. The Balaban J connectivity index is 2.12. The maximum atomic E-state index is 14.3. The fourth-order valence-corrected chi connectivity index (χ4v) is 6.37. The SMILES string of the molecule is CC[C@@H](C(=O)NCC(C)C)N(Cc1ccc(C)cc1)C(=O)CN(c1cc(C)cc(C)c1)S(=O)(=O)c1ccc(OC)c(OC)c1. The lowest BCUT2D eigenvalue weighted by Gasteiger charge is -2.33. The third-order valence-electron chi connectivity index (χ3n) is 7.26. The third kappa shape index (κ3) is 8.53. The van der Waals surface area contributed by atoms with E-state index in [1.54, 1.807) is 12.1 Å². The molecule has 0 aromatic heterocycles. The van der Waals surface area contributed by atoms with Crippen molar-refractivity contribution in [1.82, 2.24) is 10.2 Å². The number of amides is 2. The van der Waals surface area contributed by atoms with Gasteiger partial charge in [-0.15, -0.1) is 0 Å². The summed E-state index contributed by atoms with van der Waals surface area (Å²) >= 11 is 0. The van der Waals surface area contributed by atoms with Crippen LogP contribution in [0.1, 0.15) is 49.4 Å². The zero-order chi connectivity index (χ0) is 32.6. The molecule has 0 aliphatic carbocycles. The first-order valence-corrected chi connectivity index (χ1v) is 16.2. The molecule has 1 N–H and O–H groups in total. The Morgan fingerprint density at radius 3 is 2.00 bits per heavy atom. The van der Waals surface area contributed by atoms with E-state index < -0.39 is 28.5 Å². The number of methoxy groups -OCH3 is 2. The number of sulfonamides is 1. The van der Waals surface area contributed by atoms with Gasteiger partial charge in [-0.2, -0.15) is 0 Å². The second kappa shape index (κ2) is 15.1. The summed E-state index contributed by atoms with van der Waals surface area (Å²) in [5.74, 6) is 0.0733. The fraction of sp³-hybridized carbons (Fsp3) is 0.412. The van der Waals surface area contributed by atoms with Gasteiger partial charge in [0.25, 0.3) is 10.0 Å². The molecular formula is C34H45N3O6S. The molecule has 9 nitrogen and oxygen atoms in total. The van der Waals surface area contributed by atoms with E-state index in [1.807, 2.05) is 71.9 Å². The van der Waals surface area contributed by atoms with Crippen molar-refractivity contribution in [2.24, 2.45) is 5.92 Å². The van der Waals surface area contributed by atoms with E-state index >= 15 is 0 Å². The minimum absolute atomic E-state index is 0.0612. The molecule has 0 spiro atoms. The maximum Gasteiger partial charge on any atom is 0.264 e. The molecule has 44 heavy (non-hydrogen) atoms. The van der Waals surface area contributed by atoms with Crippen LogP contribution < -0.4 is 19.1 Å². The molecule has 0 saturated heterocycles. The number of ether oxygens (including phenoxy) is 2. The Kier molecular flexibility index (Phi) is 11.8. The van der Waals surface area contributed by atoms with Gasteiger partial charge in [0.2, 0.25) is 11.8 Å². The van der Waals surface area contributed by atoms with Gasteiger partial charge in [0.15, 0.2) is 11.5 Å². The number of carbonyl (C=O) groups excluding carboxylic acids is 2. The van der Waals surface area contributed by atoms with E-state index in [4.69, 9.17) is 9.47 Å².